The Morgan fingerprint density at radius 2 is 1.67 bits per heavy atom. The van der Waals surface area contributed by atoms with Crippen LogP contribution in [0.2, 0.25) is 0 Å². The lowest BCUT2D eigenvalue weighted by Crippen LogP contribution is -2.59. The Balaban J connectivity index is 1.73. The molecule has 2 unspecified atom stereocenters. The lowest BCUT2D eigenvalue weighted by atomic mass is 9.86. The monoisotopic (exact) mass is 491 g/mol. The van der Waals surface area contributed by atoms with Gasteiger partial charge in [0.25, 0.3) is 5.91 Å². The minimum Gasteiger partial charge on any atom is -0.340 e. The van der Waals surface area contributed by atoms with Crippen molar-refractivity contribution in [2.75, 3.05) is 19.6 Å². The highest BCUT2D eigenvalue weighted by Crippen LogP contribution is 2.22. The lowest BCUT2D eigenvalue weighted by molar-refractivity contribution is -0.143. The van der Waals surface area contributed by atoms with E-state index in [1.807, 2.05) is 66.4 Å². The van der Waals surface area contributed by atoms with Crippen molar-refractivity contribution in [3.63, 3.8) is 0 Å². The number of amides is 3. The van der Waals surface area contributed by atoms with Gasteiger partial charge >= 0.3 is 0 Å². The first-order valence-electron chi connectivity index (χ1n) is 13.1. The zero-order chi connectivity index (χ0) is 26.3. The van der Waals surface area contributed by atoms with Crippen molar-refractivity contribution >= 4 is 17.7 Å². The lowest BCUT2D eigenvalue weighted by Gasteiger charge is -2.41. The van der Waals surface area contributed by atoms with Gasteiger partial charge in [0.05, 0.1) is 0 Å². The fourth-order valence-electron chi connectivity index (χ4n) is 4.63. The molecule has 1 N–H and O–H groups in total. The first kappa shape index (κ1) is 27.4. The molecular formula is C30H41N3O3. The summed E-state index contributed by atoms with van der Waals surface area (Å²) in [5.74, 6) is -0.207. The molecule has 0 aromatic heterocycles. The third-order valence-corrected chi connectivity index (χ3v) is 6.90. The van der Waals surface area contributed by atoms with E-state index < -0.39 is 6.04 Å². The summed E-state index contributed by atoms with van der Waals surface area (Å²) in [5.41, 5.74) is 2.67. The van der Waals surface area contributed by atoms with Gasteiger partial charge in [0.1, 0.15) is 6.04 Å². The van der Waals surface area contributed by atoms with E-state index >= 15 is 0 Å². The van der Waals surface area contributed by atoms with Crippen molar-refractivity contribution in [2.24, 2.45) is 0 Å². The molecule has 0 saturated carbocycles. The molecule has 0 bridgehead atoms. The second kappa shape index (κ2) is 12.2. The molecule has 1 aliphatic heterocycles. The zero-order valence-corrected chi connectivity index (χ0v) is 22.4. The van der Waals surface area contributed by atoms with Gasteiger partial charge in [-0.15, -0.1) is 0 Å². The van der Waals surface area contributed by atoms with Gasteiger partial charge in [-0.25, -0.2) is 0 Å². The smallest absolute Gasteiger partial charge is 0.251 e. The molecule has 1 saturated heterocycles. The summed E-state index contributed by atoms with van der Waals surface area (Å²) >= 11 is 0. The molecule has 3 rings (SSSR count). The molecule has 0 radical (unpaired) electrons. The Morgan fingerprint density at radius 1 is 1.00 bits per heavy atom. The van der Waals surface area contributed by atoms with Crippen molar-refractivity contribution in [1.29, 1.82) is 0 Å². The van der Waals surface area contributed by atoms with Gasteiger partial charge < -0.3 is 15.1 Å². The SMILES string of the molecule is CCCCC(=O)N1CCN(C(=O)C(Cc2ccccc2)NC(=O)c2ccc(C(C)(C)C)cc2)CC1C. The molecule has 2 aromatic rings. The number of hydrogen-bond acceptors (Lipinski definition) is 3. The average Bonchev–Trinajstić information content (AvgIpc) is 2.86. The largest absolute Gasteiger partial charge is 0.340 e. The summed E-state index contributed by atoms with van der Waals surface area (Å²) in [6.07, 6.45) is 2.83. The molecule has 3 amide bonds. The number of benzene rings is 2. The van der Waals surface area contributed by atoms with Gasteiger partial charge in [-0.1, -0.05) is 76.6 Å². The highest BCUT2D eigenvalue weighted by Gasteiger charge is 2.33. The average molecular weight is 492 g/mol. The molecule has 0 aliphatic carbocycles. The van der Waals surface area contributed by atoms with Gasteiger partial charge in [0, 0.05) is 44.1 Å². The Labute approximate surface area is 216 Å². The second-order valence-corrected chi connectivity index (χ2v) is 10.9. The zero-order valence-electron chi connectivity index (χ0n) is 22.4. The molecule has 2 atom stereocenters. The highest BCUT2D eigenvalue weighted by molar-refractivity contribution is 5.97. The molecule has 2 aromatic carbocycles. The van der Waals surface area contributed by atoms with Crippen LogP contribution in [0.1, 0.15) is 75.4 Å². The van der Waals surface area contributed by atoms with Crippen molar-refractivity contribution in [1.82, 2.24) is 15.1 Å². The van der Waals surface area contributed by atoms with E-state index in [4.69, 9.17) is 0 Å². The maximum Gasteiger partial charge on any atom is 0.251 e. The van der Waals surface area contributed by atoms with E-state index in [-0.39, 0.29) is 29.2 Å². The molecule has 1 fully saturated rings. The molecule has 1 aliphatic rings. The molecule has 0 spiro atoms. The number of nitrogens with one attached hydrogen (secondary N) is 1. The number of rotatable bonds is 8. The second-order valence-electron chi connectivity index (χ2n) is 10.9. The van der Waals surface area contributed by atoms with Crippen molar-refractivity contribution < 1.29 is 14.4 Å². The first-order valence-corrected chi connectivity index (χ1v) is 13.1. The highest BCUT2D eigenvalue weighted by atomic mass is 16.2. The van der Waals surface area contributed by atoms with E-state index in [0.717, 1.165) is 24.0 Å². The third-order valence-electron chi connectivity index (χ3n) is 6.90. The molecular weight excluding hydrogens is 450 g/mol. The molecule has 6 nitrogen and oxygen atoms in total. The number of carbonyl (C=O) groups excluding carboxylic acids is 3. The van der Waals surface area contributed by atoms with Crippen LogP contribution in [0.25, 0.3) is 0 Å². The van der Waals surface area contributed by atoms with Crippen LogP contribution in [0.3, 0.4) is 0 Å². The minimum absolute atomic E-state index is 0.00240. The Bertz CT molecular complexity index is 1030. The number of hydrogen-bond donors (Lipinski definition) is 1. The van der Waals surface area contributed by atoms with Gasteiger partial charge in [-0.3, -0.25) is 14.4 Å². The van der Waals surface area contributed by atoms with Gasteiger partial charge in [0.15, 0.2) is 0 Å². The Hall–Kier alpha value is -3.15. The Kier molecular flexibility index (Phi) is 9.30. The number of unbranched alkanes of at least 4 members (excludes halogenated alkanes) is 1. The molecule has 36 heavy (non-hydrogen) atoms. The molecule has 6 heteroatoms. The number of piperazine rings is 1. The fourth-order valence-corrected chi connectivity index (χ4v) is 4.63. The van der Waals surface area contributed by atoms with Crippen LogP contribution < -0.4 is 5.32 Å². The van der Waals surface area contributed by atoms with E-state index in [0.29, 0.717) is 38.0 Å². The van der Waals surface area contributed by atoms with Crippen LogP contribution in [-0.4, -0.2) is 59.2 Å². The van der Waals surface area contributed by atoms with E-state index in [9.17, 15) is 14.4 Å². The third kappa shape index (κ3) is 7.19. The predicted molar refractivity (Wildman–Crippen MR) is 144 cm³/mol. The van der Waals surface area contributed by atoms with Crippen molar-refractivity contribution in [3.8, 4) is 0 Å². The van der Waals surface area contributed by atoms with Crippen LogP contribution >= 0.6 is 0 Å². The van der Waals surface area contributed by atoms with Crippen LogP contribution in [0.5, 0.6) is 0 Å². The van der Waals surface area contributed by atoms with Crippen LogP contribution in [0, 0.1) is 0 Å². The number of carbonyl (C=O) groups is 3. The standard InChI is InChI=1S/C30H41N3O3/c1-6-7-13-27(34)33-19-18-32(21-22(33)2)29(36)26(20-23-11-9-8-10-12-23)31-28(35)24-14-16-25(17-15-24)30(3,4)5/h8-12,14-17,22,26H,6-7,13,18-21H2,1-5H3,(H,31,35). The summed E-state index contributed by atoms with van der Waals surface area (Å²) in [4.78, 5) is 43.1. The quantitative estimate of drug-likeness (QED) is 0.588. The van der Waals surface area contributed by atoms with Crippen LogP contribution in [0.4, 0.5) is 0 Å². The summed E-state index contributed by atoms with van der Waals surface area (Å²) < 4.78 is 0. The maximum atomic E-state index is 13.7. The Morgan fingerprint density at radius 3 is 2.25 bits per heavy atom. The molecule has 194 valence electrons. The van der Waals surface area contributed by atoms with Crippen molar-refractivity contribution in [2.45, 2.75) is 77.8 Å². The summed E-state index contributed by atoms with van der Waals surface area (Å²) in [6.45, 7) is 11.9. The maximum absolute atomic E-state index is 13.7. The first-order chi connectivity index (χ1) is 17.1. The van der Waals surface area contributed by atoms with Crippen LogP contribution in [-0.2, 0) is 21.4 Å². The summed E-state index contributed by atoms with van der Waals surface area (Å²) in [7, 11) is 0. The fraction of sp³-hybridized carbons (Fsp3) is 0.500. The summed E-state index contributed by atoms with van der Waals surface area (Å²) in [5, 5.41) is 3.00. The van der Waals surface area contributed by atoms with E-state index in [1.54, 1.807) is 4.90 Å². The topological polar surface area (TPSA) is 69.7 Å². The van der Waals surface area contributed by atoms with E-state index in [1.165, 1.54) is 0 Å². The van der Waals surface area contributed by atoms with Gasteiger partial charge in [-0.2, -0.15) is 0 Å². The van der Waals surface area contributed by atoms with E-state index in [2.05, 4.69) is 33.0 Å². The predicted octanol–water partition coefficient (Wildman–Crippen LogP) is 4.57. The minimum atomic E-state index is -0.684. The van der Waals surface area contributed by atoms with Crippen molar-refractivity contribution in [3.05, 3.63) is 71.3 Å². The molecule has 1 heterocycles. The normalized spacial score (nSPS) is 17.0. The van der Waals surface area contributed by atoms with Gasteiger partial charge in [-0.05, 0) is 42.0 Å². The summed E-state index contributed by atoms with van der Waals surface area (Å²) in [6, 6.07) is 16.6. The number of nitrogens with zero attached hydrogens (tertiary/aromatic N) is 2. The van der Waals surface area contributed by atoms with Crippen LogP contribution in [0.15, 0.2) is 54.6 Å². The van der Waals surface area contributed by atoms with Gasteiger partial charge in [0.2, 0.25) is 11.8 Å².